The Bertz CT molecular complexity index is 510. The molecule has 0 saturated carbocycles. The van der Waals surface area contributed by atoms with Crippen molar-refractivity contribution in [2.45, 2.75) is 20.3 Å². The molecule has 17 heavy (non-hydrogen) atoms. The van der Waals surface area contributed by atoms with Crippen LogP contribution in [0.15, 0.2) is 22.1 Å². The first-order valence-corrected chi connectivity index (χ1v) is 7.09. The minimum Gasteiger partial charge on any atom is -0.370 e. The van der Waals surface area contributed by atoms with Crippen LogP contribution in [0.2, 0.25) is 0 Å². The number of hydrogen-bond acceptors (Lipinski definition) is 4. The van der Waals surface area contributed by atoms with Gasteiger partial charge in [0.05, 0.1) is 10.7 Å². The van der Waals surface area contributed by atoms with Crippen molar-refractivity contribution in [3.05, 3.63) is 38.4 Å². The van der Waals surface area contributed by atoms with Crippen LogP contribution in [-0.2, 0) is 6.42 Å². The van der Waals surface area contributed by atoms with Gasteiger partial charge in [-0.2, -0.15) is 0 Å². The average molecular weight is 312 g/mol. The van der Waals surface area contributed by atoms with E-state index >= 15 is 0 Å². The number of nitrogens with zero attached hydrogens (tertiary/aromatic N) is 2. The summed E-state index contributed by atoms with van der Waals surface area (Å²) in [7, 11) is 0. The van der Waals surface area contributed by atoms with Crippen LogP contribution < -0.4 is 5.32 Å². The number of halogens is 1. The predicted molar refractivity (Wildman–Crippen MR) is 75.7 cm³/mol. The Morgan fingerprint density at radius 2 is 2.24 bits per heavy atom. The van der Waals surface area contributed by atoms with Crippen molar-refractivity contribution in [1.82, 2.24) is 9.97 Å². The molecular weight excluding hydrogens is 298 g/mol. The third-order valence-electron chi connectivity index (χ3n) is 2.40. The number of thiazole rings is 1. The molecule has 3 nitrogen and oxygen atoms in total. The number of rotatable bonds is 4. The maximum atomic E-state index is 4.42. The summed E-state index contributed by atoms with van der Waals surface area (Å²) >= 11 is 5.13. The molecule has 0 atom stereocenters. The second kappa shape index (κ2) is 5.60. The zero-order valence-electron chi connectivity index (χ0n) is 9.83. The normalized spacial score (nSPS) is 10.5. The summed E-state index contributed by atoms with van der Waals surface area (Å²) in [5, 5.41) is 6.53. The van der Waals surface area contributed by atoms with Crippen LogP contribution in [0.4, 0.5) is 5.82 Å². The van der Waals surface area contributed by atoms with Crippen LogP contribution in [0, 0.1) is 13.8 Å². The fraction of sp³-hybridized carbons (Fsp3) is 0.333. The lowest BCUT2D eigenvalue weighted by atomic mass is 10.3. The molecular formula is C12H14BrN3S. The Hall–Kier alpha value is -0.940. The second-order valence-electron chi connectivity index (χ2n) is 3.85. The summed E-state index contributed by atoms with van der Waals surface area (Å²) in [6.45, 7) is 4.94. The minimum atomic E-state index is 0.858. The van der Waals surface area contributed by atoms with E-state index in [2.05, 4.69) is 43.5 Å². The topological polar surface area (TPSA) is 37.8 Å². The minimum absolute atomic E-state index is 0.858. The van der Waals surface area contributed by atoms with Gasteiger partial charge in [-0.1, -0.05) is 0 Å². The van der Waals surface area contributed by atoms with Gasteiger partial charge in [0.1, 0.15) is 5.82 Å². The van der Waals surface area contributed by atoms with Crippen molar-refractivity contribution >= 4 is 33.1 Å². The average Bonchev–Trinajstić information content (AvgIpc) is 2.70. The summed E-state index contributed by atoms with van der Waals surface area (Å²) in [5.74, 6) is 0.914. The highest BCUT2D eigenvalue weighted by molar-refractivity contribution is 9.10. The van der Waals surface area contributed by atoms with Crippen molar-refractivity contribution in [2.24, 2.45) is 0 Å². The molecule has 0 fully saturated rings. The molecule has 0 amide bonds. The van der Waals surface area contributed by atoms with Crippen LogP contribution in [0.1, 0.15) is 16.3 Å². The Balaban J connectivity index is 1.87. The first kappa shape index (κ1) is 12.5. The maximum Gasteiger partial charge on any atom is 0.126 e. The summed E-state index contributed by atoms with van der Waals surface area (Å²) < 4.78 is 1.04. The van der Waals surface area contributed by atoms with E-state index in [-0.39, 0.29) is 0 Å². The van der Waals surface area contributed by atoms with Crippen LogP contribution >= 0.6 is 27.3 Å². The van der Waals surface area contributed by atoms with Gasteiger partial charge in [0, 0.05) is 29.0 Å². The Kier molecular flexibility index (Phi) is 4.12. The molecule has 90 valence electrons. The zero-order chi connectivity index (χ0) is 12.3. The van der Waals surface area contributed by atoms with Gasteiger partial charge >= 0.3 is 0 Å². The summed E-state index contributed by atoms with van der Waals surface area (Å²) in [6, 6.07) is 2.04. The van der Waals surface area contributed by atoms with E-state index in [4.69, 9.17) is 0 Å². The number of nitrogens with one attached hydrogen (secondary N) is 1. The first-order chi connectivity index (χ1) is 8.15. The lowest BCUT2D eigenvalue weighted by Gasteiger charge is -2.05. The van der Waals surface area contributed by atoms with Crippen LogP contribution in [0.3, 0.4) is 0 Å². The zero-order valence-corrected chi connectivity index (χ0v) is 12.2. The van der Waals surface area contributed by atoms with Crippen LogP contribution in [0.25, 0.3) is 0 Å². The molecule has 2 rings (SSSR count). The maximum absolute atomic E-state index is 4.42. The molecule has 0 aliphatic carbocycles. The van der Waals surface area contributed by atoms with Gasteiger partial charge in [-0.3, -0.25) is 0 Å². The number of aryl methyl sites for hydroxylation is 2. The molecule has 0 bridgehead atoms. The quantitative estimate of drug-likeness (QED) is 0.938. The van der Waals surface area contributed by atoms with E-state index in [1.54, 1.807) is 11.3 Å². The molecule has 2 aromatic heterocycles. The Morgan fingerprint density at radius 1 is 1.41 bits per heavy atom. The standard InChI is InChI=1S/C12H14BrN3S/c1-8-5-12(15-6-11(8)13)14-4-3-10-7-17-9(2)16-10/h5-7H,3-4H2,1-2H3,(H,14,15). The van der Waals surface area contributed by atoms with Gasteiger partial charge in [0.2, 0.25) is 0 Å². The third-order valence-corrected chi connectivity index (χ3v) is 4.05. The highest BCUT2D eigenvalue weighted by atomic mass is 79.9. The van der Waals surface area contributed by atoms with Crippen molar-refractivity contribution in [3.8, 4) is 0 Å². The molecule has 1 N–H and O–H groups in total. The predicted octanol–water partition coefficient (Wildman–Crippen LogP) is 3.57. The molecule has 0 aliphatic heterocycles. The molecule has 0 aromatic carbocycles. The smallest absolute Gasteiger partial charge is 0.126 e. The molecule has 0 radical (unpaired) electrons. The lowest BCUT2D eigenvalue weighted by Crippen LogP contribution is -2.06. The third kappa shape index (κ3) is 3.51. The van der Waals surface area contributed by atoms with E-state index in [0.717, 1.165) is 34.0 Å². The summed E-state index contributed by atoms with van der Waals surface area (Å²) in [4.78, 5) is 8.72. The number of aromatic nitrogens is 2. The Morgan fingerprint density at radius 3 is 2.88 bits per heavy atom. The molecule has 2 aromatic rings. The van der Waals surface area contributed by atoms with Gasteiger partial charge in [-0.25, -0.2) is 9.97 Å². The molecule has 0 aliphatic rings. The first-order valence-electron chi connectivity index (χ1n) is 5.42. The molecule has 5 heteroatoms. The van der Waals surface area contributed by atoms with Crippen molar-refractivity contribution in [1.29, 1.82) is 0 Å². The second-order valence-corrected chi connectivity index (χ2v) is 5.77. The van der Waals surface area contributed by atoms with E-state index in [1.165, 1.54) is 5.56 Å². The number of hydrogen-bond donors (Lipinski definition) is 1. The highest BCUT2D eigenvalue weighted by Crippen LogP contribution is 2.17. The largest absolute Gasteiger partial charge is 0.370 e. The summed E-state index contributed by atoms with van der Waals surface area (Å²) in [6.07, 6.45) is 2.76. The van der Waals surface area contributed by atoms with E-state index in [0.29, 0.717) is 0 Å². The molecule has 0 saturated heterocycles. The number of pyridine rings is 1. The van der Waals surface area contributed by atoms with Gasteiger partial charge in [0.25, 0.3) is 0 Å². The van der Waals surface area contributed by atoms with Crippen molar-refractivity contribution < 1.29 is 0 Å². The van der Waals surface area contributed by atoms with Crippen LogP contribution in [0.5, 0.6) is 0 Å². The molecule has 0 spiro atoms. The lowest BCUT2D eigenvalue weighted by molar-refractivity contribution is 0.959. The van der Waals surface area contributed by atoms with Crippen molar-refractivity contribution in [2.75, 3.05) is 11.9 Å². The fourth-order valence-electron chi connectivity index (χ4n) is 1.48. The monoisotopic (exact) mass is 311 g/mol. The van der Waals surface area contributed by atoms with E-state index < -0.39 is 0 Å². The Labute approximate surface area is 113 Å². The number of anilines is 1. The molecule has 0 unspecified atom stereocenters. The fourth-order valence-corrected chi connectivity index (χ4v) is 2.34. The van der Waals surface area contributed by atoms with Crippen molar-refractivity contribution in [3.63, 3.8) is 0 Å². The van der Waals surface area contributed by atoms with Gasteiger partial charge in [0.15, 0.2) is 0 Å². The van der Waals surface area contributed by atoms with E-state index in [1.807, 2.05) is 19.2 Å². The molecule has 2 heterocycles. The van der Waals surface area contributed by atoms with Gasteiger partial charge < -0.3 is 5.32 Å². The van der Waals surface area contributed by atoms with Gasteiger partial charge in [-0.05, 0) is 41.4 Å². The highest BCUT2D eigenvalue weighted by Gasteiger charge is 2.00. The summed E-state index contributed by atoms with van der Waals surface area (Å²) in [5.41, 5.74) is 2.33. The van der Waals surface area contributed by atoms with Crippen LogP contribution in [-0.4, -0.2) is 16.5 Å². The SMILES string of the molecule is Cc1nc(CCNc2cc(C)c(Br)cn2)cs1. The van der Waals surface area contributed by atoms with Gasteiger partial charge in [-0.15, -0.1) is 11.3 Å². The van der Waals surface area contributed by atoms with E-state index in [9.17, 15) is 0 Å².